The fourth-order valence-corrected chi connectivity index (χ4v) is 3.09. The molecule has 21 heavy (non-hydrogen) atoms. The van der Waals surface area contributed by atoms with Crippen LogP contribution in [0.4, 0.5) is 0 Å². The van der Waals surface area contributed by atoms with Crippen molar-refractivity contribution in [2.45, 2.75) is 50.3 Å². The van der Waals surface area contributed by atoms with Crippen LogP contribution >= 0.6 is 0 Å². The van der Waals surface area contributed by atoms with Gasteiger partial charge in [-0.2, -0.15) is 0 Å². The molecule has 1 aromatic carbocycles. The highest BCUT2D eigenvalue weighted by atomic mass is 16.5. The summed E-state index contributed by atoms with van der Waals surface area (Å²) in [5.41, 5.74) is 1.10. The summed E-state index contributed by atoms with van der Waals surface area (Å²) in [5.74, 6) is 0.829. The highest BCUT2D eigenvalue weighted by Crippen LogP contribution is 2.26. The number of methoxy groups -OCH3 is 2. The fraction of sp³-hybridized carbons (Fsp3) is 0.647. The molecule has 118 valence electrons. The highest BCUT2D eigenvalue weighted by molar-refractivity contribution is 5.31. The van der Waals surface area contributed by atoms with Crippen LogP contribution in [0.25, 0.3) is 0 Å². The molecule has 0 radical (unpaired) electrons. The van der Waals surface area contributed by atoms with E-state index < -0.39 is 0 Å². The first kappa shape index (κ1) is 16.3. The van der Waals surface area contributed by atoms with Crippen molar-refractivity contribution < 1.29 is 14.6 Å². The van der Waals surface area contributed by atoms with Crippen LogP contribution in [-0.2, 0) is 4.74 Å². The van der Waals surface area contributed by atoms with Crippen LogP contribution in [0.2, 0.25) is 0 Å². The summed E-state index contributed by atoms with van der Waals surface area (Å²) in [5, 5.41) is 13.3. The molecule has 4 heteroatoms. The summed E-state index contributed by atoms with van der Waals surface area (Å²) in [6.07, 6.45) is 6.03. The third-order valence-electron chi connectivity index (χ3n) is 4.33. The lowest BCUT2D eigenvalue weighted by atomic mass is 9.92. The normalized spacial score (nSPS) is 19.2. The van der Waals surface area contributed by atoms with Crippen LogP contribution < -0.4 is 10.1 Å². The molecule has 0 aliphatic heterocycles. The summed E-state index contributed by atoms with van der Waals surface area (Å²) in [6, 6.07) is 8.47. The Hall–Kier alpha value is -1.10. The van der Waals surface area contributed by atoms with E-state index in [-0.39, 0.29) is 18.8 Å². The van der Waals surface area contributed by atoms with Crippen LogP contribution in [0, 0.1) is 0 Å². The average molecular weight is 293 g/mol. The van der Waals surface area contributed by atoms with Crippen molar-refractivity contribution in [3.05, 3.63) is 29.8 Å². The second kappa shape index (κ2) is 8.37. The van der Waals surface area contributed by atoms with E-state index in [2.05, 4.69) is 11.4 Å². The van der Waals surface area contributed by atoms with Crippen molar-refractivity contribution in [1.82, 2.24) is 5.32 Å². The van der Waals surface area contributed by atoms with Gasteiger partial charge in [-0.15, -0.1) is 0 Å². The average Bonchev–Trinajstić information content (AvgIpc) is 2.56. The minimum absolute atomic E-state index is 0.00189. The zero-order valence-electron chi connectivity index (χ0n) is 13.0. The van der Waals surface area contributed by atoms with Crippen LogP contribution in [0.3, 0.4) is 0 Å². The van der Waals surface area contributed by atoms with Crippen molar-refractivity contribution in [2.75, 3.05) is 20.8 Å². The Kier molecular flexibility index (Phi) is 6.49. The smallest absolute Gasteiger partial charge is 0.119 e. The molecule has 2 atom stereocenters. The lowest BCUT2D eigenvalue weighted by Crippen LogP contribution is -2.42. The minimum Gasteiger partial charge on any atom is -0.497 e. The second-order valence-electron chi connectivity index (χ2n) is 5.71. The molecule has 1 aliphatic rings. The van der Waals surface area contributed by atoms with Gasteiger partial charge in [-0.1, -0.05) is 31.4 Å². The number of nitrogens with one attached hydrogen (secondary N) is 1. The van der Waals surface area contributed by atoms with E-state index in [9.17, 15) is 5.11 Å². The molecule has 0 unspecified atom stereocenters. The zero-order valence-corrected chi connectivity index (χ0v) is 13.0. The first-order valence-corrected chi connectivity index (χ1v) is 7.82. The van der Waals surface area contributed by atoms with E-state index in [1.807, 2.05) is 18.2 Å². The van der Waals surface area contributed by atoms with Gasteiger partial charge in [-0.25, -0.2) is 0 Å². The number of benzene rings is 1. The van der Waals surface area contributed by atoms with Gasteiger partial charge in [0.1, 0.15) is 5.75 Å². The number of aliphatic hydroxyl groups is 1. The van der Waals surface area contributed by atoms with E-state index in [0.717, 1.165) is 11.3 Å². The molecule has 0 amide bonds. The summed E-state index contributed by atoms with van der Waals surface area (Å²) in [4.78, 5) is 0. The van der Waals surface area contributed by atoms with Crippen LogP contribution in [0.1, 0.15) is 43.7 Å². The zero-order chi connectivity index (χ0) is 15.1. The van der Waals surface area contributed by atoms with E-state index in [0.29, 0.717) is 6.04 Å². The van der Waals surface area contributed by atoms with Gasteiger partial charge >= 0.3 is 0 Å². The molecule has 1 fully saturated rings. The molecular formula is C17H27NO3. The SMILES string of the molecule is COc1cccc([C@@H](NC2CCCCC2)[C@@H](CO)OC)c1. The number of hydrogen-bond acceptors (Lipinski definition) is 4. The fourth-order valence-electron chi connectivity index (χ4n) is 3.09. The lowest BCUT2D eigenvalue weighted by Gasteiger charge is -2.32. The molecular weight excluding hydrogens is 266 g/mol. The molecule has 0 heterocycles. The third kappa shape index (κ3) is 4.43. The second-order valence-corrected chi connectivity index (χ2v) is 5.71. The van der Waals surface area contributed by atoms with Gasteiger partial charge < -0.3 is 19.9 Å². The number of rotatable bonds is 7. The van der Waals surface area contributed by atoms with Crippen LogP contribution in [-0.4, -0.2) is 38.1 Å². The van der Waals surface area contributed by atoms with Gasteiger partial charge in [0.2, 0.25) is 0 Å². The van der Waals surface area contributed by atoms with Crippen LogP contribution in [0.15, 0.2) is 24.3 Å². The predicted molar refractivity (Wildman–Crippen MR) is 83.6 cm³/mol. The molecule has 2 N–H and O–H groups in total. The maximum atomic E-state index is 9.62. The summed E-state index contributed by atoms with van der Waals surface area (Å²) < 4.78 is 10.8. The largest absolute Gasteiger partial charge is 0.497 e. The van der Waals surface area contributed by atoms with Gasteiger partial charge in [0.25, 0.3) is 0 Å². The van der Waals surface area contributed by atoms with E-state index in [1.165, 1.54) is 32.1 Å². The van der Waals surface area contributed by atoms with Gasteiger partial charge in [0.05, 0.1) is 25.9 Å². The summed E-state index contributed by atoms with van der Waals surface area (Å²) >= 11 is 0. The molecule has 4 nitrogen and oxygen atoms in total. The van der Waals surface area contributed by atoms with Gasteiger partial charge in [-0.3, -0.25) is 0 Å². The standard InChI is InChI=1S/C17H27NO3/c1-20-15-10-6-7-13(11-15)17(16(12-19)21-2)18-14-8-4-3-5-9-14/h6-7,10-11,14,16-19H,3-5,8-9,12H2,1-2H3/t16-,17-/m1/s1. The quantitative estimate of drug-likeness (QED) is 0.811. The topological polar surface area (TPSA) is 50.7 Å². The van der Waals surface area contributed by atoms with Gasteiger partial charge in [0, 0.05) is 13.2 Å². The van der Waals surface area contributed by atoms with Crippen molar-refractivity contribution in [1.29, 1.82) is 0 Å². The molecule has 2 rings (SSSR count). The Balaban J connectivity index is 2.17. The maximum absolute atomic E-state index is 9.62. The molecule has 1 aromatic rings. The monoisotopic (exact) mass is 293 g/mol. The lowest BCUT2D eigenvalue weighted by molar-refractivity contribution is 0.0168. The Morgan fingerprint density at radius 1 is 1.24 bits per heavy atom. The Morgan fingerprint density at radius 3 is 2.62 bits per heavy atom. The maximum Gasteiger partial charge on any atom is 0.119 e. The first-order chi connectivity index (χ1) is 10.3. The van der Waals surface area contributed by atoms with Crippen molar-refractivity contribution in [2.24, 2.45) is 0 Å². The van der Waals surface area contributed by atoms with Crippen molar-refractivity contribution in [3.63, 3.8) is 0 Å². The van der Waals surface area contributed by atoms with Crippen LogP contribution in [0.5, 0.6) is 5.75 Å². The van der Waals surface area contributed by atoms with Gasteiger partial charge in [0.15, 0.2) is 0 Å². The van der Waals surface area contributed by atoms with E-state index in [1.54, 1.807) is 14.2 Å². The third-order valence-corrected chi connectivity index (χ3v) is 4.33. The summed E-state index contributed by atoms with van der Waals surface area (Å²) in [7, 11) is 3.32. The number of aliphatic hydroxyl groups excluding tert-OH is 1. The molecule has 1 saturated carbocycles. The highest BCUT2D eigenvalue weighted by Gasteiger charge is 2.26. The molecule has 0 spiro atoms. The first-order valence-electron chi connectivity index (χ1n) is 7.82. The predicted octanol–water partition coefficient (Wildman–Crippen LogP) is 2.67. The van der Waals surface area contributed by atoms with Crippen molar-refractivity contribution in [3.8, 4) is 5.75 Å². The molecule has 1 aliphatic carbocycles. The molecule has 0 bridgehead atoms. The van der Waals surface area contributed by atoms with E-state index >= 15 is 0 Å². The molecule has 0 saturated heterocycles. The van der Waals surface area contributed by atoms with E-state index in [4.69, 9.17) is 9.47 Å². The molecule has 0 aromatic heterocycles. The van der Waals surface area contributed by atoms with Crippen molar-refractivity contribution >= 4 is 0 Å². The Labute approximate surface area is 127 Å². The Morgan fingerprint density at radius 2 is 2.00 bits per heavy atom. The number of hydrogen-bond donors (Lipinski definition) is 2. The Bertz CT molecular complexity index is 414. The summed E-state index contributed by atoms with van der Waals surface area (Å²) in [6.45, 7) is -0.00189. The van der Waals surface area contributed by atoms with Gasteiger partial charge in [-0.05, 0) is 30.5 Å². The minimum atomic E-state index is -0.251. The number of ether oxygens (including phenoxy) is 2.